The maximum atomic E-state index is 10.4. The molecule has 0 unspecified atom stereocenters. The van der Waals surface area contributed by atoms with E-state index in [1.54, 1.807) is 6.92 Å². The van der Waals surface area contributed by atoms with Gasteiger partial charge in [0.25, 0.3) is 0 Å². The second kappa shape index (κ2) is 4.11. The van der Waals surface area contributed by atoms with Crippen LogP contribution in [-0.2, 0) is 4.79 Å². The van der Waals surface area contributed by atoms with Crippen LogP contribution in [0.3, 0.4) is 0 Å². The first-order valence-corrected chi connectivity index (χ1v) is 3.01. The van der Waals surface area contributed by atoms with Crippen LogP contribution < -0.4 is 0 Å². The summed E-state index contributed by atoms with van der Waals surface area (Å²) < 4.78 is 0. The van der Waals surface area contributed by atoms with Gasteiger partial charge in [-0.1, -0.05) is 6.58 Å². The third kappa shape index (κ3) is 5.05. The summed E-state index contributed by atoms with van der Waals surface area (Å²) in [6.07, 6.45) is 1.42. The molecule has 50 valence electrons. The molecule has 0 fully saturated rings. The molecular formula is C8H12O. The van der Waals surface area contributed by atoms with Gasteiger partial charge in [0.1, 0.15) is 5.78 Å². The molecule has 0 aliphatic rings. The summed E-state index contributed by atoms with van der Waals surface area (Å²) in [4.78, 5) is 10.4. The normalized spacial score (nSPS) is 8.22. The van der Waals surface area contributed by atoms with Crippen LogP contribution >= 0.6 is 0 Å². The van der Waals surface area contributed by atoms with Gasteiger partial charge >= 0.3 is 0 Å². The van der Waals surface area contributed by atoms with Crippen molar-refractivity contribution in [2.45, 2.75) is 26.7 Å². The first-order chi connectivity index (χ1) is 4.16. The number of hydrogen-bond acceptors (Lipinski definition) is 1. The molecule has 0 aromatic rings. The number of Topliss-reactive ketones (excluding diaryl/α,β-unsaturated/α-hetero) is 1. The van der Waals surface area contributed by atoms with Crippen molar-refractivity contribution < 1.29 is 4.79 Å². The average molecular weight is 124 g/mol. The molecule has 0 heterocycles. The van der Waals surface area contributed by atoms with Gasteiger partial charge in [0.15, 0.2) is 0 Å². The van der Waals surface area contributed by atoms with Crippen LogP contribution in [0, 0.1) is 0 Å². The Kier molecular flexibility index (Phi) is 3.74. The second-order valence-electron chi connectivity index (χ2n) is 2.16. The summed E-state index contributed by atoms with van der Waals surface area (Å²) in [6, 6.07) is 0. The summed E-state index contributed by atoms with van der Waals surface area (Å²) in [5, 5.41) is 0. The number of rotatable bonds is 3. The van der Waals surface area contributed by atoms with E-state index in [0.29, 0.717) is 6.42 Å². The Labute approximate surface area is 56.1 Å². The fraction of sp³-hybridized carbons (Fsp3) is 0.500. The Bertz CT molecular complexity index is 150. The molecule has 0 N–H and O–H groups in total. The maximum absolute atomic E-state index is 10.4. The van der Waals surface area contributed by atoms with Crippen LogP contribution in [0.1, 0.15) is 26.7 Å². The molecule has 0 bridgehead atoms. The van der Waals surface area contributed by atoms with E-state index >= 15 is 0 Å². The van der Waals surface area contributed by atoms with Gasteiger partial charge in [-0.2, -0.15) is 0 Å². The molecule has 0 atom stereocenters. The van der Waals surface area contributed by atoms with E-state index in [1.807, 2.05) is 6.92 Å². The van der Waals surface area contributed by atoms with Gasteiger partial charge in [0, 0.05) is 6.42 Å². The van der Waals surface area contributed by atoms with Gasteiger partial charge in [-0.15, -0.1) is 5.73 Å². The third-order valence-electron chi connectivity index (χ3n) is 1.15. The summed E-state index contributed by atoms with van der Waals surface area (Å²) in [7, 11) is 0. The Morgan fingerprint density at radius 3 is 2.33 bits per heavy atom. The minimum absolute atomic E-state index is 0.226. The maximum Gasteiger partial charge on any atom is 0.130 e. The van der Waals surface area contributed by atoms with E-state index in [0.717, 1.165) is 12.0 Å². The van der Waals surface area contributed by atoms with Crippen molar-refractivity contribution in [1.82, 2.24) is 0 Å². The number of carbonyl (C=O) groups excluding carboxylic acids is 1. The molecule has 0 aromatic carbocycles. The van der Waals surface area contributed by atoms with Crippen LogP contribution in [0.15, 0.2) is 17.9 Å². The van der Waals surface area contributed by atoms with Crippen molar-refractivity contribution in [2.24, 2.45) is 0 Å². The molecule has 9 heavy (non-hydrogen) atoms. The first kappa shape index (κ1) is 8.19. The van der Waals surface area contributed by atoms with E-state index in [4.69, 9.17) is 0 Å². The molecular weight excluding hydrogens is 112 g/mol. The SMILES string of the molecule is C=C=C(C)CCC(C)=O. The van der Waals surface area contributed by atoms with Gasteiger partial charge in [-0.3, -0.25) is 0 Å². The fourth-order valence-corrected chi connectivity index (χ4v) is 0.452. The van der Waals surface area contributed by atoms with Crippen LogP contribution in [0.2, 0.25) is 0 Å². The predicted molar refractivity (Wildman–Crippen MR) is 38.2 cm³/mol. The summed E-state index contributed by atoms with van der Waals surface area (Å²) >= 11 is 0. The highest BCUT2D eigenvalue weighted by Gasteiger charge is 1.92. The van der Waals surface area contributed by atoms with Crippen LogP contribution in [0.5, 0.6) is 0 Å². The van der Waals surface area contributed by atoms with E-state index in [2.05, 4.69) is 12.3 Å². The minimum Gasteiger partial charge on any atom is -0.300 e. The summed E-state index contributed by atoms with van der Waals surface area (Å²) in [5.41, 5.74) is 3.80. The van der Waals surface area contributed by atoms with Crippen molar-refractivity contribution >= 4 is 5.78 Å². The molecule has 0 aromatic heterocycles. The molecule has 0 aliphatic heterocycles. The fourth-order valence-electron chi connectivity index (χ4n) is 0.452. The van der Waals surface area contributed by atoms with Crippen molar-refractivity contribution in [3.8, 4) is 0 Å². The number of carbonyl (C=O) groups is 1. The third-order valence-corrected chi connectivity index (χ3v) is 1.15. The number of allylic oxidation sites excluding steroid dienone is 1. The lowest BCUT2D eigenvalue weighted by Gasteiger charge is -1.91. The Hall–Kier alpha value is -0.810. The molecule has 0 spiro atoms. The molecule has 0 radical (unpaired) electrons. The van der Waals surface area contributed by atoms with Crippen LogP contribution in [0.4, 0.5) is 0 Å². The lowest BCUT2D eigenvalue weighted by atomic mass is 10.1. The highest BCUT2D eigenvalue weighted by atomic mass is 16.1. The topological polar surface area (TPSA) is 17.1 Å². The average Bonchev–Trinajstić information content (AvgIpc) is 1.83. The highest BCUT2D eigenvalue weighted by Crippen LogP contribution is 2.00. The van der Waals surface area contributed by atoms with Gasteiger partial charge in [-0.05, 0) is 25.8 Å². The van der Waals surface area contributed by atoms with Crippen molar-refractivity contribution in [2.75, 3.05) is 0 Å². The molecule has 1 nitrogen and oxygen atoms in total. The number of hydrogen-bond donors (Lipinski definition) is 0. The number of ketones is 1. The Balaban J connectivity index is 3.52. The van der Waals surface area contributed by atoms with Crippen molar-refractivity contribution in [3.05, 3.63) is 17.9 Å². The molecule has 0 saturated heterocycles. The van der Waals surface area contributed by atoms with E-state index < -0.39 is 0 Å². The smallest absolute Gasteiger partial charge is 0.130 e. The predicted octanol–water partition coefficient (Wildman–Crippen LogP) is 2.09. The summed E-state index contributed by atoms with van der Waals surface area (Å²) in [5.74, 6) is 0.226. The molecule has 0 aliphatic carbocycles. The van der Waals surface area contributed by atoms with Crippen LogP contribution in [-0.4, -0.2) is 5.78 Å². The Morgan fingerprint density at radius 2 is 2.00 bits per heavy atom. The molecule has 0 saturated carbocycles. The standard InChI is InChI=1S/C8H12O/c1-4-7(2)5-6-8(3)9/h1,5-6H2,2-3H3. The monoisotopic (exact) mass is 124 g/mol. The van der Waals surface area contributed by atoms with Gasteiger partial charge < -0.3 is 4.79 Å². The van der Waals surface area contributed by atoms with E-state index in [1.165, 1.54) is 0 Å². The Morgan fingerprint density at radius 1 is 1.44 bits per heavy atom. The van der Waals surface area contributed by atoms with Crippen molar-refractivity contribution in [1.29, 1.82) is 0 Å². The lowest BCUT2D eigenvalue weighted by molar-refractivity contribution is -0.116. The quantitative estimate of drug-likeness (QED) is 0.526. The zero-order valence-electron chi connectivity index (χ0n) is 6.03. The largest absolute Gasteiger partial charge is 0.300 e. The molecule has 0 amide bonds. The van der Waals surface area contributed by atoms with Crippen molar-refractivity contribution in [3.63, 3.8) is 0 Å². The van der Waals surface area contributed by atoms with Gasteiger partial charge in [0.2, 0.25) is 0 Å². The van der Waals surface area contributed by atoms with Gasteiger partial charge in [0.05, 0.1) is 0 Å². The second-order valence-corrected chi connectivity index (χ2v) is 2.16. The van der Waals surface area contributed by atoms with Gasteiger partial charge in [-0.25, -0.2) is 0 Å². The zero-order valence-corrected chi connectivity index (χ0v) is 6.03. The van der Waals surface area contributed by atoms with Crippen LogP contribution in [0.25, 0.3) is 0 Å². The highest BCUT2D eigenvalue weighted by molar-refractivity contribution is 5.75. The first-order valence-electron chi connectivity index (χ1n) is 3.01. The zero-order chi connectivity index (χ0) is 7.28. The van der Waals surface area contributed by atoms with E-state index in [9.17, 15) is 4.79 Å². The summed E-state index contributed by atoms with van der Waals surface area (Å²) in [6.45, 7) is 6.99. The van der Waals surface area contributed by atoms with E-state index in [-0.39, 0.29) is 5.78 Å². The lowest BCUT2D eigenvalue weighted by Crippen LogP contribution is -1.88. The molecule has 0 rings (SSSR count). The molecule has 1 heteroatoms. The minimum atomic E-state index is 0.226.